The molecule has 2 nitrogen and oxygen atoms in total. The van der Waals surface area contributed by atoms with Crippen molar-refractivity contribution in [2.75, 3.05) is 0 Å². The Balaban J connectivity index is 3.53. The SMILES string of the molecule is CCCCCCCCCC(CC(C)CC(C)C)NN. The van der Waals surface area contributed by atoms with E-state index in [9.17, 15) is 0 Å². The fourth-order valence-electron chi connectivity index (χ4n) is 3.00. The Morgan fingerprint density at radius 1 is 0.842 bits per heavy atom. The summed E-state index contributed by atoms with van der Waals surface area (Å²) in [6.07, 6.45) is 13.5. The molecule has 116 valence electrons. The fraction of sp³-hybridized carbons (Fsp3) is 1.00. The molecule has 0 fully saturated rings. The van der Waals surface area contributed by atoms with Crippen LogP contribution in [0.5, 0.6) is 0 Å². The normalized spacial score (nSPS) is 14.8. The van der Waals surface area contributed by atoms with Crippen LogP contribution in [0.25, 0.3) is 0 Å². The fourth-order valence-corrected chi connectivity index (χ4v) is 3.00. The van der Waals surface area contributed by atoms with Crippen LogP contribution >= 0.6 is 0 Å². The molecule has 0 aromatic carbocycles. The zero-order valence-electron chi connectivity index (χ0n) is 13.9. The Bertz CT molecular complexity index is 180. The van der Waals surface area contributed by atoms with Crippen molar-refractivity contribution in [3.8, 4) is 0 Å². The van der Waals surface area contributed by atoms with Gasteiger partial charge < -0.3 is 0 Å². The third-order valence-electron chi connectivity index (χ3n) is 3.95. The zero-order chi connectivity index (χ0) is 14.5. The lowest BCUT2D eigenvalue weighted by molar-refractivity contribution is 0.336. The van der Waals surface area contributed by atoms with Crippen LogP contribution in [0.1, 0.15) is 91.9 Å². The van der Waals surface area contributed by atoms with E-state index in [-0.39, 0.29) is 0 Å². The van der Waals surface area contributed by atoms with Crippen LogP contribution in [0.2, 0.25) is 0 Å². The second-order valence-electron chi connectivity index (χ2n) is 6.74. The van der Waals surface area contributed by atoms with E-state index in [0.717, 1.165) is 11.8 Å². The summed E-state index contributed by atoms with van der Waals surface area (Å²) >= 11 is 0. The topological polar surface area (TPSA) is 38.0 Å². The van der Waals surface area contributed by atoms with Gasteiger partial charge in [0.05, 0.1) is 0 Å². The first-order chi connectivity index (χ1) is 9.10. The molecule has 2 atom stereocenters. The van der Waals surface area contributed by atoms with Crippen molar-refractivity contribution in [2.24, 2.45) is 17.7 Å². The van der Waals surface area contributed by atoms with Gasteiger partial charge in [0.15, 0.2) is 0 Å². The van der Waals surface area contributed by atoms with Crippen LogP contribution in [-0.2, 0) is 0 Å². The van der Waals surface area contributed by atoms with Gasteiger partial charge in [-0.3, -0.25) is 11.3 Å². The van der Waals surface area contributed by atoms with Crippen LogP contribution < -0.4 is 11.3 Å². The second kappa shape index (κ2) is 12.9. The summed E-state index contributed by atoms with van der Waals surface area (Å²) in [6, 6.07) is 0.518. The van der Waals surface area contributed by atoms with Crippen LogP contribution in [0.4, 0.5) is 0 Å². The molecule has 0 aliphatic rings. The van der Waals surface area contributed by atoms with Gasteiger partial charge in [0.1, 0.15) is 0 Å². The van der Waals surface area contributed by atoms with Gasteiger partial charge >= 0.3 is 0 Å². The zero-order valence-corrected chi connectivity index (χ0v) is 13.9. The first kappa shape index (κ1) is 18.9. The summed E-state index contributed by atoms with van der Waals surface area (Å²) in [6.45, 7) is 9.24. The molecule has 3 N–H and O–H groups in total. The number of nitrogens with two attached hydrogens (primary N) is 1. The molecule has 0 aromatic rings. The number of rotatable bonds is 13. The molecule has 0 bridgehead atoms. The Kier molecular flexibility index (Phi) is 12.9. The van der Waals surface area contributed by atoms with E-state index in [1.54, 1.807) is 0 Å². The summed E-state index contributed by atoms with van der Waals surface area (Å²) in [7, 11) is 0. The lowest BCUT2D eigenvalue weighted by atomic mass is 9.91. The van der Waals surface area contributed by atoms with E-state index in [1.807, 2.05) is 0 Å². The van der Waals surface area contributed by atoms with E-state index in [1.165, 1.54) is 64.2 Å². The average molecular weight is 271 g/mol. The van der Waals surface area contributed by atoms with E-state index in [0.29, 0.717) is 6.04 Å². The van der Waals surface area contributed by atoms with E-state index in [4.69, 9.17) is 5.84 Å². The highest BCUT2D eigenvalue weighted by Gasteiger charge is 2.12. The van der Waals surface area contributed by atoms with Crippen molar-refractivity contribution in [2.45, 2.75) is 97.9 Å². The molecule has 0 rings (SSSR count). The first-order valence-corrected chi connectivity index (χ1v) is 8.56. The lowest BCUT2D eigenvalue weighted by Gasteiger charge is -2.21. The summed E-state index contributed by atoms with van der Waals surface area (Å²) < 4.78 is 0. The van der Waals surface area contributed by atoms with E-state index in [2.05, 4.69) is 33.1 Å². The van der Waals surface area contributed by atoms with Gasteiger partial charge in [0, 0.05) is 6.04 Å². The van der Waals surface area contributed by atoms with E-state index < -0.39 is 0 Å². The monoisotopic (exact) mass is 270 g/mol. The molecule has 0 saturated heterocycles. The first-order valence-electron chi connectivity index (χ1n) is 8.56. The summed E-state index contributed by atoms with van der Waals surface area (Å²) in [5.41, 5.74) is 3.02. The maximum absolute atomic E-state index is 5.68. The highest BCUT2D eigenvalue weighted by atomic mass is 15.2. The molecule has 0 aliphatic heterocycles. The smallest absolute Gasteiger partial charge is 0.0213 e. The maximum Gasteiger partial charge on any atom is 0.0213 e. The van der Waals surface area contributed by atoms with Crippen molar-refractivity contribution in [1.82, 2.24) is 5.43 Å². The predicted molar refractivity (Wildman–Crippen MR) is 87.0 cm³/mol. The summed E-state index contributed by atoms with van der Waals surface area (Å²) in [4.78, 5) is 0. The van der Waals surface area contributed by atoms with Gasteiger partial charge in [0.25, 0.3) is 0 Å². The average Bonchev–Trinajstić information content (AvgIpc) is 2.35. The molecule has 2 unspecified atom stereocenters. The van der Waals surface area contributed by atoms with Gasteiger partial charge in [-0.1, -0.05) is 72.6 Å². The molecule has 0 heterocycles. The molecule has 0 aliphatic carbocycles. The Hall–Kier alpha value is -0.0800. The van der Waals surface area contributed by atoms with Crippen molar-refractivity contribution in [3.63, 3.8) is 0 Å². The minimum atomic E-state index is 0.518. The predicted octanol–water partition coefficient (Wildman–Crippen LogP) is 5.03. The number of hydrogen-bond acceptors (Lipinski definition) is 2. The largest absolute Gasteiger partial charge is 0.271 e. The summed E-state index contributed by atoms with van der Waals surface area (Å²) in [5.74, 6) is 7.26. The van der Waals surface area contributed by atoms with Crippen LogP contribution in [0.3, 0.4) is 0 Å². The quantitative estimate of drug-likeness (QED) is 0.280. The Morgan fingerprint density at radius 3 is 1.95 bits per heavy atom. The van der Waals surface area contributed by atoms with Crippen molar-refractivity contribution >= 4 is 0 Å². The van der Waals surface area contributed by atoms with Gasteiger partial charge in [-0.15, -0.1) is 0 Å². The number of hydrazine groups is 1. The minimum absolute atomic E-state index is 0.518. The molecule has 0 saturated carbocycles. The van der Waals surface area contributed by atoms with Crippen LogP contribution in [0, 0.1) is 11.8 Å². The highest BCUT2D eigenvalue weighted by molar-refractivity contribution is 4.68. The molecule has 0 amide bonds. The molecular formula is C17H38N2. The Labute approximate surface area is 121 Å². The van der Waals surface area contributed by atoms with Crippen LogP contribution in [0.15, 0.2) is 0 Å². The van der Waals surface area contributed by atoms with Gasteiger partial charge in [-0.25, -0.2) is 0 Å². The molecule has 0 aromatic heterocycles. The minimum Gasteiger partial charge on any atom is -0.271 e. The van der Waals surface area contributed by atoms with Gasteiger partial charge in [0.2, 0.25) is 0 Å². The molecule has 19 heavy (non-hydrogen) atoms. The van der Waals surface area contributed by atoms with Gasteiger partial charge in [-0.05, 0) is 31.1 Å². The number of unbranched alkanes of at least 4 members (excludes halogenated alkanes) is 6. The highest BCUT2D eigenvalue weighted by Crippen LogP contribution is 2.19. The third kappa shape index (κ3) is 12.7. The molecule has 0 spiro atoms. The van der Waals surface area contributed by atoms with E-state index >= 15 is 0 Å². The van der Waals surface area contributed by atoms with Crippen molar-refractivity contribution < 1.29 is 0 Å². The lowest BCUT2D eigenvalue weighted by Crippen LogP contribution is -2.36. The standard InChI is InChI=1S/C17H38N2/c1-5-6-7-8-9-10-11-12-17(19-18)14-16(4)13-15(2)3/h15-17,19H,5-14,18H2,1-4H3. The molecule has 0 radical (unpaired) electrons. The Morgan fingerprint density at radius 2 is 1.42 bits per heavy atom. The third-order valence-corrected chi connectivity index (χ3v) is 3.95. The van der Waals surface area contributed by atoms with Crippen molar-refractivity contribution in [3.05, 3.63) is 0 Å². The maximum atomic E-state index is 5.68. The van der Waals surface area contributed by atoms with Gasteiger partial charge in [-0.2, -0.15) is 0 Å². The summed E-state index contributed by atoms with van der Waals surface area (Å²) in [5, 5.41) is 0. The number of hydrogen-bond donors (Lipinski definition) is 2. The molecule has 2 heteroatoms. The second-order valence-corrected chi connectivity index (χ2v) is 6.74. The number of nitrogens with one attached hydrogen (secondary N) is 1. The van der Waals surface area contributed by atoms with Crippen LogP contribution in [-0.4, -0.2) is 6.04 Å². The molecular weight excluding hydrogens is 232 g/mol. The van der Waals surface area contributed by atoms with Crippen molar-refractivity contribution in [1.29, 1.82) is 0 Å².